The monoisotopic (exact) mass is 310 g/mol. The molecule has 1 rings (SSSR count). The minimum atomic E-state index is -0.466. The third-order valence-electron chi connectivity index (χ3n) is 3.37. The highest BCUT2D eigenvalue weighted by molar-refractivity contribution is 7.99. The van der Waals surface area contributed by atoms with Gasteiger partial charge in [0.25, 0.3) is 0 Å². The molecule has 114 valence electrons. The molecule has 1 saturated heterocycles. The van der Waals surface area contributed by atoms with Crippen molar-refractivity contribution in [1.29, 1.82) is 0 Å². The summed E-state index contributed by atoms with van der Waals surface area (Å²) in [6.45, 7) is 6.70. The number of nitrogens with zero attached hydrogens (tertiary/aromatic N) is 1. The molecule has 0 aromatic rings. The fourth-order valence-electron chi connectivity index (χ4n) is 2.33. The number of nitrogens with one attached hydrogen (secondary N) is 1. The fourth-order valence-corrected chi connectivity index (χ4v) is 3.23. The molecule has 0 bridgehead atoms. The van der Waals surface area contributed by atoms with Crippen LogP contribution in [0.1, 0.15) is 33.1 Å². The average Bonchev–Trinajstić information content (AvgIpc) is 2.39. The number of aliphatic hydroxyl groups is 1. The van der Waals surface area contributed by atoms with Crippen molar-refractivity contribution in [2.45, 2.75) is 38.6 Å². The zero-order valence-electron chi connectivity index (χ0n) is 12.0. The first-order valence-corrected chi connectivity index (χ1v) is 8.02. The highest BCUT2D eigenvalue weighted by Gasteiger charge is 2.35. The lowest BCUT2D eigenvalue weighted by Crippen LogP contribution is -2.57. The van der Waals surface area contributed by atoms with Crippen LogP contribution >= 0.6 is 24.2 Å². The predicted molar refractivity (Wildman–Crippen MR) is 84.2 cm³/mol. The standard InChI is InChI=1S/C13H26N2O2S.ClH/c1-3-5-13(2,14-6-4-9-16)12(17)15-7-10-18-11-8-15;/h14,16H,3-11H2,1-2H3;1H. The summed E-state index contributed by atoms with van der Waals surface area (Å²) in [6, 6.07) is 0. The predicted octanol–water partition coefficient (Wildman–Crippen LogP) is 1.51. The Balaban J connectivity index is 0.00000324. The third-order valence-corrected chi connectivity index (χ3v) is 4.31. The molecule has 1 amide bonds. The molecule has 1 aliphatic rings. The number of carbonyl (C=O) groups excluding carboxylic acids is 1. The van der Waals surface area contributed by atoms with Gasteiger partial charge in [-0.3, -0.25) is 4.79 Å². The van der Waals surface area contributed by atoms with Crippen LogP contribution in [0.2, 0.25) is 0 Å². The zero-order valence-corrected chi connectivity index (χ0v) is 13.6. The first-order valence-electron chi connectivity index (χ1n) is 6.87. The maximum absolute atomic E-state index is 12.6. The van der Waals surface area contributed by atoms with Crippen molar-refractivity contribution in [2.24, 2.45) is 0 Å². The van der Waals surface area contributed by atoms with Gasteiger partial charge >= 0.3 is 0 Å². The van der Waals surface area contributed by atoms with Gasteiger partial charge < -0.3 is 15.3 Å². The second-order valence-electron chi connectivity index (χ2n) is 4.99. The molecular formula is C13H27ClN2O2S. The molecule has 1 fully saturated rings. The molecule has 19 heavy (non-hydrogen) atoms. The van der Waals surface area contributed by atoms with Crippen molar-refractivity contribution in [3.8, 4) is 0 Å². The van der Waals surface area contributed by atoms with Crippen LogP contribution in [0.15, 0.2) is 0 Å². The first kappa shape index (κ1) is 19.0. The third kappa shape index (κ3) is 5.90. The Hall–Kier alpha value is 0.0300. The topological polar surface area (TPSA) is 52.6 Å². The van der Waals surface area contributed by atoms with Gasteiger partial charge in [0.05, 0.1) is 5.54 Å². The normalized spacial score (nSPS) is 18.6. The maximum Gasteiger partial charge on any atom is 0.242 e. The molecule has 0 radical (unpaired) electrons. The lowest BCUT2D eigenvalue weighted by molar-refractivity contribution is -0.137. The number of hydrogen-bond acceptors (Lipinski definition) is 4. The van der Waals surface area contributed by atoms with Crippen LogP contribution in [-0.2, 0) is 4.79 Å². The summed E-state index contributed by atoms with van der Waals surface area (Å²) >= 11 is 1.91. The molecule has 0 saturated carbocycles. The highest BCUT2D eigenvalue weighted by Crippen LogP contribution is 2.19. The fraction of sp³-hybridized carbons (Fsp3) is 0.923. The van der Waals surface area contributed by atoms with Gasteiger partial charge in [0.2, 0.25) is 5.91 Å². The van der Waals surface area contributed by atoms with Crippen molar-refractivity contribution >= 4 is 30.1 Å². The summed E-state index contributed by atoms with van der Waals surface area (Å²) in [5.41, 5.74) is -0.466. The van der Waals surface area contributed by atoms with Crippen molar-refractivity contribution < 1.29 is 9.90 Å². The largest absolute Gasteiger partial charge is 0.396 e. The van der Waals surface area contributed by atoms with Crippen LogP contribution in [0.4, 0.5) is 0 Å². The van der Waals surface area contributed by atoms with Crippen LogP contribution in [-0.4, -0.2) is 59.2 Å². The van der Waals surface area contributed by atoms with Crippen LogP contribution in [0, 0.1) is 0 Å². The molecule has 1 unspecified atom stereocenters. The number of thioether (sulfide) groups is 1. The Morgan fingerprint density at radius 2 is 2.05 bits per heavy atom. The second kappa shape index (κ2) is 9.86. The van der Waals surface area contributed by atoms with Crippen LogP contribution in [0.5, 0.6) is 0 Å². The van der Waals surface area contributed by atoms with E-state index in [1.165, 1.54) is 0 Å². The van der Waals surface area contributed by atoms with E-state index in [9.17, 15) is 4.79 Å². The quantitative estimate of drug-likeness (QED) is 0.700. The summed E-state index contributed by atoms with van der Waals surface area (Å²) in [7, 11) is 0. The Morgan fingerprint density at radius 1 is 1.42 bits per heavy atom. The lowest BCUT2D eigenvalue weighted by Gasteiger charge is -2.37. The van der Waals surface area contributed by atoms with Crippen molar-refractivity contribution in [1.82, 2.24) is 10.2 Å². The van der Waals surface area contributed by atoms with Gasteiger partial charge in [-0.2, -0.15) is 11.8 Å². The van der Waals surface area contributed by atoms with Gasteiger partial charge in [-0.05, 0) is 26.3 Å². The molecule has 1 heterocycles. The summed E-state index contributed by atoms with van der Waals surface area (Å²) in [4.78, 5) is 14.6. The maximum atomic E-state index is 12.6. The molecule has 1 aliphatic heterocycles. The van der Waals surface area contributed by atoms with E-state index >= 15 is 0 Å². The number of halogens is 1. The number of aliphatic hydroxyl groups excluding tert-OH is 1. The van der Waals surface area contributed by atoms with E-state index < -0.39 is 5.54 Å². The average molecular weight is 311 g/mol. The molecule has 0 aromatic carbocycles. The van der Waals surface area contributed by atoms with Crippen molar-refractivity contribution in [3.63, 3.8) is 0 Å². The van der Waals surface area contributed by atoms with Gasteiger partial charge in [-0.1, -0.05) is 13.3 Å². The summed E-state index contributed by atoms with van der Waals surface area (Å²) < 4.78 is 0. The molecule has 2 N–H and O–H groups in total. The highest BCUT2D eigenvalue weighted by atomic mass is 35.5. The van der Waals surface area contributed by atoms with E-state index in [1.807, 2.05) is 23.6 Å². The lowest BCUT2D eigenvalue weighted by atomic mass is 9.93. The van der Waals surface area contributed by atoms with Crippen molar-refractivity contribution in [2.75, 3.05) is 37.7 Å². The minimum absolute atomic E-state index is 0. The SMILES string of the molecule is CCCC(C)(NCCCO)C(=O)N1CCSCC1.Cl. The van der Waals surface area contributed by atoms with Gasteiger partial charge in [0.1, 0.15) is 0 Å². The summed E-state index contributed by atoms with van der Waals surface area (Å²) in [5.74, 6) is 2.32. The van der Waals surface area contributed by atoms with E-state index in [1.54, 1.807) is 0 Å². The first-order chi connectivity index (χ1) is 8.64. The molecular weight excluding hydrogens is 284 g/mol. The van der Waals surface area contributed by atoms with E-state index in [2.05, 4.69) is 12.2 Å². The molecule has 0 aliphatic carbocycles. The van der Waals surface area contributed by atoms with E-state index in [4.69, 9.17) is 5.11 Å². The second-order valence-corrected chi connectivity index (χ2v) is 6.22. The number of hydrogen-bond donors (Lipinski definition) is 2. The number of amides is 1. The zero-order chi connectivity index (χ0) is 13.4. The Labute approximate surface area is 127 Å². The number of rotatable bonds is 7. The Kier molecular flexibility index (Phi) is 9.87. The molecule has 1 atom stereocenters. The van der Waals surface area contributed by atoms with Crippen molar-refractivity contribution in [3.05, 3.63) is 0 Å². The van der Waals surface area contributed by atoms with Gasteiger partial charge in [0, 0.05) is 31.2 Å². The van der Waals surface area contributed by atoms with Gasteiger partial charge in [0.15, 0.2) is 0 Å². The Bertz CT molecular complexity index is 263. The molecule has 4 nitrogen and oxygen atoms in total. The van der Waals surface area contributed by atoms with E-state index in [0.29, 0.717) is 13.0 Å². The summed E-state index contributed by atoms with van der Waals surface area (Å²) in [6.07, 6.45) is 2.53. The number of carbonyl (C=O) groups is 1. The smallest absolute Gasteiger partial charge is 0.242 e. The van der Waals surface area contributed by atoms with E-state index in [0.717, 1.165) is 37.4 Å². The minimum Gasteiger partial charge on any atom is -0.396 e. The summed E-state index contributed by atoms with van der Waals surface area (Å²) in [5, 5.41) is 12.2. The van der Waals surface area contributed by atoms with Gasteiger partial charge in [-0.25, -0.2) is 0 Å². The van der Waals surface area contributed by atoms with E-state index in [-0.39, 0.29) is 24.9 Å². The molecule has 0 spiro atoms. The Morgan fingerprint density at radius 3 is 2.58 bits per heavy atom. The molecule has 0 aromatic heterocycles. The van der Waals surface area contributed by atoms with Crippen LogP contribution < -0.4 is 5.32 Å². The van der Waals surface area contributed by atoms with Gasteiger partial charge in [-0.15, -0.1) is 12.4 Å². The van der Waals surface area contributed by atoms with Crippen LogP contribution in [0.3, 0.4) is 0 Å². The van der Waals surface area contributed by atoms with Crippen LogP contribution in [0.25, 0.3) is 0 Å². The molecule has 6 heteroatoms.